The summed E-state index contributed by atoms with van der Waals surface area (Å²) in [6, 6.07) is 18.6. The molecular formula is C23H23FN2O3S. The molecule has 0 heterocycles. The fourth-order valence-electron chi connectivity index (χ4n) is 3.12. The number of hydrogen-bond donors (Lipinski definition) is 1. The number of carbonyl (C=O) groups excluding carboxylic acids is 1. The second-order valence-corrected chi connectivity index (χ2v) is 9.00. The third kappa shape index (κ3) is 4.52. The summed E-state index contributed by atoms with van der Waals surface area (Å²) in [5, 5.41) is 2.81. The molecule has 0 aliphatic carbocycles. The third-order valence-corrected chi connectivity index (χ3v) is 6.69. The fourth-order valence-corrected chi connectivity index (χ4v) is 4.42. The molecule has 0 fully saturated rings. The highest BCUT2D eigenvalue weighted by atomic mass is 32.2. The largest absolute Gasteiger partial charge is 0.346 e. The van der Waals surface area contributed by atoms with Crippen molar-refractivity contribution < 1.29 is 17.6 Å². The van der Waals surface area contributed by atoms with Gasteiger partial charge in [-0.25, -0.2) is 12.8 Å². The lowest BCUT2D eigenvalue weighted by molar-refractivity contribution is 0.0939. The van der Waals surface area contributed by atoms with E-state index in [1.807, 2.05) is 19.1 Å². The number of nitrogens with zero attached hydrogens (tertiary/aromatic N) is 1. The van der Waals surface area contributed by atoms with Crippen LogP contribution in [0.2, 0.25) is 0 Å². The minimum absolute atomic E-state index is 0.0235. The van der Waals surface area contributed by atoms with Crippen LogP contribution in [-0.2, 0) is 10.0 Å². The zero-order valence-electron chi connectivity index (χ0n) is 17.0. The number of amides is 1. The van der Waals surface area contributed by atoms with Crippen LogP contribution in [-0.4, -0.2) is 21.4 Å². The van der Waals surface area contributed by atoms with E-state index in [0.717, 1.165) is 11.1 Å². The van der Waals surface area contributed by atoms with Gasteiger partial charge in [0.15, 0.2) is 0 Å². The zero-order valence-corrected chi connectivity index (χ0v) is 17.8. The molecule has 0 bridgehead atoms. The van der Waals surface area contributed by atoms with Gasteiger partial charge in [0.2, 0.25) is 0 Å². The highest BCUT2D eigenvalue weighted by Crippen LogP contribution is 2.25. The summed E-state index contributed by atoms with van der Waals surface area (Å²) in [6.45, 7) is 3.61. The highest BCUT2D eigenvalue weighted by molar-refractivity contribution is 7.92. The monoisotopic (exact) mass is 426 g/mol. The molecule has 1 amide bonds. The van der Waals surface area contributed by atoms with Crippen molar-refractivity contribution in [3.05, 3.63) is 95.3 Å². The minimum atomic E-state index is -3.84. The minimum Gasteiger partial charge on any atom is -0.346 e. The molecule has 156 valence electrons. The fraction of sp³-hybridized carbons (Fsp3) is 0.174. The molecule has 0 spiro atoms. The summed E-state index contributed by atoms with van der Waals surface area (Å²) < 4.78 is 40.5. The van der Waals surface area contributed by atoms with Gasteiger partial charge in [-0.2, -0.15) is 0 Å². The van der Waals surface area contributed by atoms with Crippen molar-refractivity contribution in [1.29, 1.82) is 0 Å². The molecule has 0 saturated heterocycles. The Morgan fingerprint density at radius 2 is 1.67 bits per heavy atom. The Kier molecular flexibility index (Phi) is 6.22. The first kappa shape index (κ1) is 21.5. The summed E-state index contributed by atoms with van der Waals surface area (Å²) in [5.74, 6) is -0.768. The Balaban J connectivity index is 1.83. The van der Waals surface area contributed by atoms with Crippen molar-refractivity contribution in [2.45, 2.75) is 24.8 Å². The molecule has 0 saturated carbocycles. The van der Waals surface area contributed by atoms with E-state index in [2.05, 4.69) is 5.32 Å². The van der Waals surface area contributed by atoms with Gasteiger partial charge in [0.25, 0.3) is 15.9 Å². The van der Waals surface area contributed by atoms with Gasteiger partial charge in [0, 0.05) is 12.6 Å². The van der Waals surface area contributed by atoms with Crippen LogP contribution >= 0.6 is 0 Å². The normalized spacial score (nSPS) is 12.3. The first-order valence-corrected chi connectivity index (χ1v) is 10.8. The van der Waals surface area contributed by atoms with E-state index >= 15 is 0 Å². The standard InChI is InChI=1S/C23H23FN2O3S/c1-16-7-4-5-10-22(16)26(3)30(28,29)21-9-6-8-19(15-21)23(27)25-17(2)18-11-13-20(24)14-12-18/h4-15,17H,1-3H3,(H,25,27)/t17-/m1/s1. The molecule has 30 heavy (non-hydrogen) atoms. The van der Waals surface area contributed by atoms with E-state index in [9.17, 15) is 17.6 Å². The molecule has 7 heteroatoms. The molecule has 3 aromatic rings. The highest BCUT2D eigenvalue weighted by Gasteiger charge is 2.23. The number of benzene rings is 3. The van der Waals surface area contributed by atoms with Crippen LogP contribution in [0.5, 0.6) is 0 Å². The van der Waals surface area contributed by atoms with Gasteiger partial charge < -0.3 is 5.32 Å². The van der Waals surface area contributed by atoms with E-state index in [1.54, 1.807) is 37.3 Å². The third-order valence-electron chi connectivity index (χ3n) is 4.93. The number of sulfonamides is 1. The van der Waals surface area contributed by atoms with E-state index in [-0.39, 0.29) is 22.3 Å². The van der Waals surface area contributed by atoms with Gasteiger partial charge in [0.1, 0.15) is 5.82 Å². The van der Waals surface area contributed by atoms with Crippen LogP contribution in [0, 0.1) is 12.7 Å². The van der Waals surface area contributed by atoms with Gasteiger partial charge in [-0.3, -0.25) is 9.10 Å². The number of rotatable bonds is 6. The second kappa shape index (κ2) is 8.67. The Bertz CT molecular complexity index is 1160. The number of nitrogens with one attached hydrogen (secondary N) is 1. The summed E-state index contributed by atoms with van der Waals surface area (Å²) in [4.78, 5) is 12.7. The van der Waals surface area contributed by atoms with E-state index in [0.29, 0.717) is 5.69 Å². The summed E-state index contributed by atoms with van der Waals surface area (Å²) in [7, 11) is -2.36. The van der Waals surface area contributed by atoms with Crippen molar-refractivity contribution in [2.24, 2.45) is 0 Å². The van der Waals surface area contributed by atoms with Crippen LogP contribution in [0.1, 0.15) is 34.5 Å². The Labute approximate surface area is 176 Å². The van der Waals surface area contributed by atoms with E-state index in [4.69, 9.17) is 0 Å². The van der Waals surface area contributed by atoms with Gasteiger partial charge in [-0.15, -0.1) is 0 Å². The Hall–Kier alpha value is -3.19. The van der Waals surface area contributed by atoms with Crippen LogP contribution in [0.25, 0.3) is 0 Å². The predicted octanol–water partition coefficient (Wildman–Crippen LogP) is 4.45. The maximum atomic E-state index is 13.1. The molecule has 0 unspecified atom stereocenters. The van der Waals surface area contributed by atoms with Gasteiger partial charge in [-0.05, 0) is 61.4 Å². The molecule has 1 atom stereocenters. The van der Waals surface area contributed by atoms with Gasteiger partial charge >= 0.3 is 0 Å². The molecule has 1 N–H and O–H groups in total. The molecular weight excluding hydrogens is 403 g/mol. The number of para-hydroxylation sites is 1. The Morgan fingerprint density at radius 1 is 1.00 bits per heavy atom. The molecule has 0 radical (unpaired) electrons. The molecule has 3 rings (SSSR count). The average Bonchev–Trinajstić information content (AvgIpc) is 2.74. The van der Waals surface area contributed by atoms with Crippen LogP contribution < -0.4 is 9.62 Å². The molecule has 0 aliphatic rings. The van der Waals surface area contributed by atoms with Crippen molar-refractivity contribution in [2.75, 3.05) is 11.4 Å². The smallest absolute Gasteiger partial charge is 0.264 e. The van der Waals surface area contributed by atoms with E-state index in [1.165, 1.54) is 41.7 Å². The summed E-state index contributed by atoms with van der Waals surface area (Å²) >= 11 is 0. The number of anilines is 1. The molecule has 0 aromatic heterocycles. The van der Waals surface area contributed by atoms with Crippen LogP contribution in [0.15, 0.2) is 77.7 Å². The van der Waals surface area contributed by atoms with E-state index < -0.39 is 15.9 Å². The molecule has 0 aliphatic heterocycles. The Morgan fingerprint density at radius 3 is 2.33 bits per heavy atom. The maximum absolute atomic E-state index is 13.1. The number of aryl methyl sites for hydroxylation is 1. The quantitative estimate of drug-likeness (QED) is 0.633. The van der Waals surface area contributed by atoms with Crippen LogP contribution in [0.3, 0.4) is 0 Å². The lowest BCUT2D eigenvalue weighted by atomic mass is 10.1. The van der Waals surface area contributed by atoms with Crippen molar-refractivity contribution in [3.8, 4) is 0 Å². The second-order valence-electron chi connectivity index (χ2n) is 7.03. The molecule has 3 aromatic carbocycles. The lowest BCUT2D eigenvalue weighted by Crippen LogP contribution is -2.29. The first-order valence-electron chi connectivity index (χ1n) is 9.41. The number of carbonyl (C=O) groups is 1. The van der Waals surface area contributed by atoms with Crippen molar-refractivity contribution in [1.82, 2.24) is 5.32 Å². The number of halogens is 1. The van der Waals surface area contributed by atoms with Crippen molar-refractivity contribution >= 4 is 21.6 Å². The number of hydrogen-bond acceptors (Lipinski definition) is 3. The predicted molar refractivity (Wildman–Crippen MR) is 115 cm³/mol. The lowest BCUT2D eigenvalue weighted by Gasteiger charge is -2.21. The molecule has 5 nitrogen and oxygen atoms in total. The summed E-state index contributed by atoms with van der Waals surface area (Å²) in [6.07, 6.45) is 0. The zero-order chi connectivity index (χ0) is 21.9. The summed E-state index contributed by atoms with van der Waals surface area (Å²) in [5.41, 5.74) is 2.36. The van der Waals surface area contributed by atoms with Gasteiger partial charge in [0.05, 0.1) is 16.6 Å². The van der Waals surface area contributed by atoms with Gasteiger partial charge in [-0.1, -0.05) is 36.4 Å². The maximum Gasteiger partial charge on any atom is 0.264 e. The SMILES string of the molecule is Cc1ccccc1N(C)S(=O)(=O)c1cccc(C(=O)N[C@H](C)c2ccc(F)cc2)c1. The topological polar surface area (TPSA) is 66.5 Å². The van der Waals surface area contributed by atoms with Crippen LogP contribution in [0.4, 0.5) is 10.1 Å². The first-order chi connectivity index (χ1) is 14.2. The van der Waals surface area contributed by atoms with Crippen molar-refractivity contribution in [3.63, 3.8) is 0 Å². The average molecular weight is 427 g/mol.